The Morgan fingerprint density at radius 1 is 1.44 bits per heavy atom. The van der Waals surface area contributed by atoms with Gasteiger partial charge in [0, 0.05) is 18.0 Å². The molecule has 1 aromatic carbocycles. The largest absolute Gasteiger partial charge is 0.492 e. The number of nitrogens with zero attached hydrogens (tertiary/aromatic N) is 2. The summed E-state index contributed by atoms with van der Waals surface area (Å²) >= 11 is 3.34. The summed E-state index contributed by atoms with van der Waals surface area (Å²) in [6.45, 7) is 1.28. The van der Waals surface area contributed by atoms with E-state index in [1.807, 2.05) is 29.1 Å². The van der Waals surface area contributed by atoms with Crippen LogP contribution in [-0.2, 0) is 6.54 Å². The molecule has 0 bridgehead atoms. The fourth-order valence-corrected chi connectivity index (χ4v) is 1.65. The van der Waals surface area contributed by atoms with Crippen LogP contribution in [0.3, 0.4) is 0 Å². The highest BCUT2D eigenvalue weighted by Crippen LogP contribution is 2.14. The lowest BCUT2D eigenvalue weighted by atomic mass is 10.3. The molecule has 2 rings (SSSR count). The van der Waals surface area contributed by atoms with E-state index in [2.05, 4.69) is 21.0 Å². The fraction of sp³-hybridized carbons (Fsp3) is 0.182. The number of benzene rings is 1. The molecule has 0 atom stereocenters. The predicted molar refractivity (Wildman–Crippen MR) is 66.3 cm³/mol. The Kier molecular flexibility index (Phi) is 3.46. The van der Waals surface area contributed by atoms with Crippen LogP contribution in [0, 0.1) is 0 Å². The summed E-state index contributed by atoms with van der Waals surface area (Å²) in [5.74, 6) is 0.784. The Hall–Kier alpha value is -1.49. The molecule has 1 heterocycles. The van der Waals surface area contributed by atoms with Gasteiger partial charge >= 0.3 is 0 Å². The fourth-order valence-electron chi connectivity index (χ4n) is 1.32. The standard InChI is InChI=1S/C11H12BrN3O/c12-9-7-14-15(8-9)4-5-16-11-3-1-2-10(13)6-11/h1-3,6-8H,4-5,13H2. The van der Waals surface area contributed by atoms with Crippen LogP contribution < -0.4 is 10.5 Å². The van der Waals surface area contributed by atoms with E-state index in [0.717, 1.165) is 10.2 Å². The van der Waals surface area contributed by atoms with Crippen LogP contribution in [0.4, 0.5) is 5.69 Å². The molecule has 2 aromatic rings. The Morgan fingerprint density at radius 2 is 2.31 bits per heavy atom. The molecule has 84 valence electrons. The van der Waals surface area contributed by atoms with E-state index in [4.69, 9.17) is 10.5 Å². The van der Waals surface area contributed by atoms with Crippen molar-refractivity contribution in [2.75, 3.05) is 12.3 Å². The highest BCUT2D eigenvalue weighted by Gasteiger charge is 1.97. The SMILES string of the molecule is Nc1cccc(OCCn2cc(Br)cn2)c1. The minimum absolute atomic E-state index is 0.567. The summed E-state index contributed by atoms with van der Waals surface area (Å²) in [6.07, 6.45) is 3.66. The maximum atomic E-state index is 5.64. The number of ether oxygens (including phenoxy) is 1. The monoisotopic (exact) mass is 281 g/mol. The number of anilines is 1. The lowest BCUT2D eigenvalue weighted by molar-refractivity contribution is 0.291. The number of hydrogen-bond donors (Lipinski definition) is 1. The summed E-state index contributed by atoms with van der Waals surface area (Å²) in [5, 5.41) is 4.13. The molecule has 4 nitrogen and oxygen atoms in total. The third-order valence-corrected chi connectivity index (χ3v) is 2.46. The summed E-state index contributed by atoms with van der Waals surface area (Å²) in [4.78, 5) is 0. The average Bonchev–Trinajstić information content (AvgIpc) is 2.64. The van der Waals surface area contributed by atoms with Crippen molar-refractivity contribution in [1.29, 1.82) is 0 Å². The molecule has 0 aliphatic carbocycles. The van der Waals surface area contributed by atoms with E-state index in [9.17, 15) is 0 Å². The number of rotatable bonds is 4. The first kappa shape index (κ1) is 11.0. The summed E-state index contributed by atoms with van der Waals surface area (Å²) in [5.41, 5.74) is 6.35. The van der Waals surface area contributed by atoms with Gasteiger partial charge in [-0.2, -0.15) is 5.10 Å². The Balaban J connectivity index is 1.84. The number of nitrogens with two attached hydrogens (primary N) is 1. The van der Waals surface area contributed by atoms with Crippen molar-refractivity contribution in [3.8, 4) is 5.75 Å². The molecular weight excluding hydrogens is 270 g/mol. The normalized spacial score (nSPS) is 10.3. The molecular formula is C11H12BrN3O. The zero-order valence-corrected chi connectivity index (χ0v) is 10.2. The third-order valence-electron chi connectivity index (χ3n) is 2.05. The van der Waals surface area contributed by atoms with Gasteiger partial charge in [-0.1, -0.05) is 6.07 Å². The van der Waals surface area contributed by atoms with E-state index in [-0.39, 0.29) is 0 Å². The first-order chi connectivity index (χ1) is 7.74. The molecule has 16 heavy (non-hydrogen) atoms. The third kappa shape index (κ3) is 3.00. The number of aromatic nitrogens is 2. The predicted octanol–water partition coefficient (Wildman–Crippen LogP) is 2.31. The molecule has 0 saturated heterocycles. The van der Waals surface area contributed by atoms with Gasteiger partial charge in [-0.05, 0) is 28.1 Å². The van der Waals surface area contributed by atoms with Crippen LogP contribution in [0.25, 0.3) is 0 Å². The van der Waals surface area contributed by atoms with Crippen molar-refractivity contribution >= 4 is 21.6 Å². The quantitative estimate of drug-likeness (QED) is 0.875. The van der Waals surface area contributed by atoms with Crippen molar-refractivity contribution in [3.63, 3.8) is 0 Å². The van der Waals surface area contributed by atoms with Crippen molar-refractivity contribution in [3.05, 3.63) is 41.1 Å². The van der Waals surface area contributed by atoms with Gasteiger partial charge in [-0.3, -0.25) is 4.68 Å². The van der Waals surface area contributed by atoms with E-state index in [1.165, 1.54) is 0 Å². The molecule has 0 amide bonds. The van der Waals surface area contributed by atoms with Crippen molar-refractivity contribution < 1.29 is 4.74 Å². The van der Waals surface area contributed by atoms with Crippen LogP contribution >= 0.6 is 15.9 Å². The van der Waals surface area contributed by atoms with Gasteiger partial charge < -0.3 is 10.5 Å². The van der Waals surface area contributed by atoms with Gasteiger partial charge in [-0.15, -0.1) is 0 Å². The van der Waals surface area contributed by atoms with Crippen molar-refractivity contribution in [2.45, 2.75) is 6.54 Å². The molecule has 5 heteroatoms. The summed E-state index contributed by atoms with van der Waals surface area (Å²) in [6, 6.07) is 7.39. The van der Waals surface area contributed by atoms with E-state index < -0.39 is 0 Å². The van der Waals surface area contributed by atoms with Crippen LogP contribution in [0.1, 0.15) is 0 Å². The molecule has 0 aliphatic rings. The van der Waals surface area contributed by atoms with Gasteiger partial charge in [0.1, 0.15) is 12.4 Å². The zero-order chi connectivity index (χ0) is 11.4. The number of nitrogen functional groups attached to an aromatic ring is 1. The topological polar surface area (TPSA) is 53.1 Å². The minimum atomic E-state index is 0.567. The molecule has 0 fully saturated rings. The molecule has 0 spiro atoms. The maximum absolute atomic E-state index is 5.64. The van der Waals surface area contributed by atoms with Crippen LogP contribution in [0.15, 0.2) is 41.1 Å². The first-order valence-corrected chi connectivity index (χ1v) is 5.69. The van der Waals surface area contributed by atoms with Gasteiger partial charge in [0.2, 0.25) is 0 Å². The summed E-state index contributed by atoms with van der Waals surface area (Å²) in [7, 11) is 0. The highest BCUT2D eigenvalue weighted by atomic mass is 79.9. The maximum Gasteiger partial charge on any atom is 0.121 e. The second-order valence-corrected chi connectivity index (χ2v) is 4.26. The second-order valence-electron chi connectivity index (χ2n) is 3.34. The van der Waals surface area contributed by atoms with E-state index in [0.29, 0.717) is 18.8 Å². The second kappa shape index (κ2) is 5.03. The first-order valence-electron chi connectivity index (χ1n) is 4.90. The highest BCUT2D eigenvalue weighted by molar-refractivity contribution is 9.10. The molecule has 2 N–H and O–H groups in total. The van der Waals surface area contributed by atoms with E-state index >= 15 is 0 Å². The zero-order valence-electron chi connectivity index (χ0n) is 8.64. The lowest BCUT2D eigenvalue weighted by Crippen LogP contribution is -2.08. The van der Waals surface area contributed by atoms with Crippen molar-refractivity contribution in [2.24, 2.45) is 0 Å². The van der Waals surface area contributed by atoms with Gasteiger partial charge in [0.15, 0.2) is 0 Å². The van der Waals surface area contributed by atoms with Gasteiger partial charge in [-0.25, -0.2) is 0 Å². The number of hydrogen-bond acceptors (Lipinski definition) is 3. The number of halogens is 1. The molecule has 0 radical (unpaired) electrons. The van der Waals surface area contributed by atoms with Crippen molar-refractivity contribution in [1.82, 2.24) is 9.78 Å². The summed E-state index contributed by atoms with van der Waals surface area (Å²) < 4.78 is 8.33. The van der Waals surface area contributed by atoms with Crippen LogP contribution in [0.5, 0.6) is 5.75 Å². The van der Waals surface area contributed by atoms with E-state index in [1.54, 1.807) is 12.3 Å². The van der Waals surface area contributed by atoms with Crippen LogP contribution in [0.2, 0.25) is 0 Å². The molecule has 0 unspecified atom stereocenters. The Labute approximate surface area is 102 Å². The molecule has 0 saturated carbocycles. The Morgan fingerprint density at radius 3 is 3.00 bits per heavy atom. The minimum Gasteiger partial charge on any atom is -0.492 e. The average molecular weight is 282 g/mol. The van der Waals surface area contributed by atoms with Gasteiger partial charge in [0.05, 0.1) is 17.2 Å². The molecule has 0 aliphatic heterocycles. The molecule has 1 aromatic heterocycles. The smallest absolute Gasteiger partial charge is 0.121 e. The Bertz CT molecular complexity index is 470. The van der Waals surface area contributed by atoms with Crippen LogP contribution in [-0.4, -0.2) is 16.4 Å². The van der Waals surface area contributed by atoms with Gasteiger partial charge in [0.25, 0.3) is 0 Å². The lowest BCUT2D eigenvalue weighted by Gasteiger charge is -2.06.